The largest absolute Gasteiger partial charge is 0.457 e. The van der Waals surface area contributed by atoms with Crippen LogP contribution in [0.5, 0.6) is 0 Å². The fourth-order valence-electron chi connectivity index (χ4n) is 3.00. The minimum Gasteiger partial charge on any atom is -0.457 e. The van der Waals surface area contributed by atoms with E-state index in [1.165, 1.54) is 24.3 Å². The van der Waals surface area contributed by atoms with Crippen LogP contribution < -0.4 is 0 Å². The first-order valence-corrected chi connectivity index (χ1v) is 9.10. The summed E-state index contributed by atoms with van der Waals surface area (Å²) in [4.78, 5) is 38.2. The van der Waals surface area contributed by atoms with Crippen LogP contribution in [-0.4, -0.2) is 45.1 Å². The summed E-state index contributed by atoms with van der Waals surface area (Å²) in [5.41, 5.74) is 9.86. The summed E-state index contributed by atoms with van der Waals surface area (Å²) in [6, 6.07) is 12.5. The lowest BCUT2D eigenvalue weighted by atomic mass is 9.94. The highest BCUT2D eigenvalue weighted by atomic mass is 16.6. The third kappa shape index (κ3) is 4.86. The minimum absolute atomic E-state index is 0.113. The topological polar surface area (TPSA) is 159 Å². The Morgan fingerprint density at radius 3 is 2.58 bits per heavy atom. The molecule has 0 aliphatic carbocycles. The van der Waals surface area contributed by atoms with Gasteiger partial charge in [-0.15, -0.1) is 0 Å². The maximum absolute atomic E-state index is 12.3. The van der Waals surface area contributed by atoms with E-state index in [1.807, 2.05) is 30.3 Å². The van der Waals surface area contributed by atoms with Crippen molar-refractivity contribution in [2.45, 2.75) is 24.9 Å². The highest BCUT2D eigenvalue weighted by molar-refractivity contribution is 5.94. The van der Waals surface area contributed by atoms with E-state index in [1.54, 1.807) is 12.2 Å². The fraction of sp³-hybridized carbons (Fsp3) is 0.200. The van der Waals surface area contributed by atoms with Gasteiger partial charge < -0.3 is 9.84 Å². The number of likely N-dealkylation sites (tertiary alicyclic amines) is 1. The van der Waals surface area contributed by atoms with Gasteiger partial charge in [0.05, 0.1) is 11.0 Å². The number of aliphatic hydroxyl groups excluding tert-OH is 1. The molecule has 11 heteroatoms. The van der Waals surface area contributed by atoms with E-state index >= 15 is 0 Å². The molecule has 0 radical (unpaired) electrons. The lowest BCUT2D eigenvalue weighted by Gasteiger charge is -2.45. The molecule has 1 heterocycles. The average Bonchev–Trinajstić information content (AvgIpc) is 2.79. The van der Waals surface area contributed by atoms with E-state index in [9.17, 15) is 24.8 Å². The van der Waals surface area contributed by atoms with Crippen LogP contribution in [0.1, 0.15) is 11.1 Å². The fourth-order valence-corrected chi connectivity index (χ4v) is 3.00. The molecule has 1 aliphatic heterocycles. The van der Waals surface area contributed by atoms with Crippen molar-refractivity contribution in [3.8, 4) is 0 Å². The molecule has 1 saturated heterocycles. The number of carbonyl (C=O) groups excluding carboxylic acids is 2. The number of carbonyl (C=O) groups is 2. The number of hydrogen-bond acceptors (Lipinski definition) is 7. The average molecular weight is 423 g/mol. The molecule has 11 nitrogen and oxygen atoms in total. The van der Waals surface area contributed by atoms with Gasteiger partial charge in [0.2, 0.25) is 12.1 Å². The van der Waals surface area contributed by atoms with Crippen molar-refractivity contribution in [1.82, 2.24) is 4.90 Å². The standard InChI is InChI=1S/C20H17N5O6/c21-23-22-17-16(11-8-13-4-2-1-3-5-13)24(18(17)26)19(27)20(28)31-12-14-6-9-15(10-7-14)25(29)30/h1-11,16-17,19,27H,12H2. The maximum atomic E-state index is 12.3. The van der Waals surface area contributed by atoms with Gasteiger partial charge in [0.1, 0.15) is 12.6 Å². The van der Waals surface area contributed by atoms with Crippen LogP contribution in [0.2, 0.25) is 0 Å². The van der Waals surface area contributed by atoms with Crippen LogP contribution in [-0.2, 0) is 20.9 Å². The SMILES string of the molecule is [N-]=[N+]=NC1C(=O)N(C(O)C(=O)OCc2ccc([N+](=O)[O-])cc2)C1C=Cc1ccccc1. The van der Waals surface area contributed by atoms with E-state index in [0.717, 1.165) is 10.5 Å². The zero-order valence-corrected chi connectivity index (χ0v) is 16.0. The Morgan fingerprint density at radius 1 is 1.29 bits per heavy atom. The molecule has 0 saturated carbocycles. The number of nitro groups is 1. The number of non-ortho nitro benzene ring substituents is 1. The number of azide groups is 1. The van der Waals surface area contributed by atoms with Gasteiger partial charge in [0.25, 0.3) is 5.69 Å². The van der Waals surface area contributed by atoms with Crippen LogP contribution in [0.25, 0.3) is 16.5 Å². The summed E-state index contributed by atoms with van der Waals surface area (Å²) in [7, 11) is 0. The molecule has 158 valence electrons. The molecule has 1 N–H and O–H groups in total. The molecule has 2 aromatic carbocycles. The third-order valence-electron chi connectivity index (χ3n) is 4.62. The Kier molecular flexibility index (Phi) is 6.61. The van der Waals surface area contributed by atoms with Crippen molar-refractivity contribution in [3.05, 3.63) is 92.4 Å². The molecular weight excluding hydrogens is 406 g/mol. The summed E-state index contributed by atoms with van der Waals surface area (Å²) < 4.78 is 5.02. The number of hydrogen-bond donors (Lipinski definition) is 1. The highest BCUT2D eigenvalue weighted by Gasteiger charge is 2.50. The quantitative estimate of drug-likeness (QED) is 0.131. The second kappa shape index (κ2) is 9.53. The number of rotatable bonds is 8. The van der Waals surface area contributed by atoms with E-state index in [2.05, 4.69) is 10.0 Å². The van der Waals surface area contributed by atoms with E-state index < -0.39 is 35.1 Å². The molecule has 1 amide bonds. The Morgan fingerprint density at radius 2 is 1.97 bits per heavy atom. The van der Waals surface area contributed by atoms with Gasteiger partial charge in [0, 0.05) is 17.0 Å². The van der Waals surface area contributed by atoms with Crippen molar-refractivity contribution >= 4 is 23.6 Å². The first-order chi connectivity index (χ1) is 14.9. The van der Waals surface area contributed by atoms with Crippen molar-refractivity contribution in [3.63, 3.8) is 0 Å². The molecule has 3 rings (SSSR count). The van der Waals surface area contributed by atoms with E-state index in [4.69, 9.17) is 10.3 Å². The number of ether oxygens (including phenoxy) is 1. The number of esters is 1. The van der Waals surface area contributed by atoms with Crippen molar-refractivity contribution in [1.29, 1.82) is 0 Å². The number of aliphatic hydroxyl groups is 1. The molecule has 2 aromatic rings. The highest BCUT2D eigenvalue weighted by Crippen LogP contribution is 2.28. The first-order valence-electron chi connectivity index (χ1n) is 9.10. The van der Waals surface area contributed by atoms with Gasteiger partial charge in [-0.1, -0.05) is 47.6 Å². The predicted octanol–water partition coefficient (Wildman–Crippen LogP) is 2.56. The van der Waals surface area contributed by atoms with Crippen molar-refractivity contribution < 1.29 is 24.4 Å². The zero-order chi connectivity index (χ0) is 22.4. The summed E-state index contributed by atoms with van der Waals surface area (Å²) in [6.45, 7) is -0.250. The lowest BCUT2D eigenvalue weighted by Crippen LogP contribution is -2.67. The first kappa shape index (κ1) is 21.5. The van der Waals surface area contributed by atoms with Gasteiger partial charge in [-0.25, -0.2) is 4.79 Å². The zero-order valence-electron chi connectivity index (χ0n) is 16.0. The second-order valence-electron chi connectivity index (χ2n) is 6.56. The van der Waals surface area contributed by atoms with Crippen LogP contribution in [0.4, 0.5) is 5.69 Å². The van der Waals surface area contributed by atoms with Crippen LogP contribution in [0, 0.1) is 10.1 Å². The van der Waals surface area contributed by atoms with Crippen LogP contribution >= 0.6 is 0 Å². The monoisotopic (exact) mass is 423 g/mol. The van der Waals surface area contributed by atoms with Crippen LogP contribution in [0.15, 0.2) is 65.8 Å². The Hall–Kier alpha value is -4.21. The summed E-state index contributed by atoms with van der Waals surface area (Å²) in [5, 5.41) is 24.4. The molecule has 3 unspecified atom stereocenters. The molecule has 1 fully saturated rings. The molecule has 31 heavy (non-hydrogen) atoms. The van der Waals surface area contributed by atoms with Crippen molar-refractivity contribution in [2.75, 3.05) is 0 Å². The molecule has 1 aliphatic rings. The number of benzene rings is 2. The van der Waals surface area contributed by atoms with Gasteiger partial charge in [-0.3, -0.25) is 19.8 Å². The molecule has 0 aromatic heterocycles. The molecular formula is C20H17N5O6. The number of nitrogens with zero attached hydrogens (tertiary/aromatic N) is 5. The van der Waals surface area contributed by atoms with Gasteiger partial charge in [0.15, 0.2) is 0 Å². The third-order valence-corrected chi connectivity index (χ3v) is 4.62. The van der Waals surface area contributed by atoms with Crippen molar-refractivity contribution in [2.24, 2.45) is 5.11 Å². The second-order valence-corrected chi connectivity index (χ2v) is 6.56. The Labute approximate surface area is 175 Å². The van der Waals surface area contributed by atoms with E-state index in [0.29, 0.717) is 5.56 Å². The summed E-state index contributed by atoms with van der Waals surface area (Å²) in [6.07, 6.45) is 1.34. The van der Waals surface area contributed by atoms with Gasteiger partial charge >= 0.3 is 5.97 Å². The van der Waals surface area contributed by atoms with Crippen LogP contribution in [0.3, 0.4) is 0 Å². The maximum Gasteiger partial charge on any atom is 0.356 e. The van der Waals surface area contributed by atoms with E-state index in [-0.39, 0.29) is 12.3 Å². The summed E-state index contributed by atoms with van der Waals surface area (Å²) in [5.74, 6) is -1.79. The molecule has 0 spiro atoms. The number of amides is 1. The Balaban J connectivity index is 1.67. The molecule has 3 atom stereocenters. The van der Waals surface area contributed by atoms with Gasteiger partial charge in [-0.05, 0) is 28.8 Å². The summed E-state index contributed by atoms with van der Waals surface area (Å²) >= 11 is 0. The number of nitro benzene ring substituents is 1. The molecule has 0 bridgehead atoms. The minimum atomic E-state index is -1.90. The number of β-lactam (4-membered cyclic amide) rings is 1. The van der Waals surface area contributed by atoms with Gasteiger partial charge in [-0.2, -0.15) is 0 Å². The smallest absolute Gasteiger partial charge is 0.356 e. The normalized spacial score (nSPS) is 18.7. The lowest BCUT2D eigenvalue weighted by molar-refractivity contribution is -0.384. The Bertz CT molecular complexity index is 1050. The predicted molar refractivity (Wildman–Crippen MR) is 108 cm³/mol.